The molecule has 0 radical (unpaired) electrons. The number of carbonyl (C=O) groups excluding carboxylic acids is 1. The van der Waals surface area contributed by atoms with Gasteiger partial charge < -0.3 is 14.2 Å². The van der Waals surface area contributed by atoms with Gasteiger partial charge in [0.25, 0.3) is 0 Å². The van der Waals surface area contributed by atoms with E-state index in [4.69, 9.17) is 14.2 Å². The first-order valence-electron chi connectivity index (χ1n) is 7.06. The highest BCUT2D eigenvalue weighted by molar-refractivity contribution is 5.96. The van der Waals surface area contributed by atoms with E-state index >= 15 is 0 Å². The van der Waals surface area contributed by atoms with Crippen molar-refractivity contribution in [3.05, 3.63) is 53.6 Å². The zero-order chi connectivity index (χ0) is 15.9. The third-order valence-corrected chi connectivity index (χ3v) is 3.48. The monoisotopic (exact) mass is 300 g/mol. The zero-order valence-electron chi connectivity index (χ0n) is 13.1. The summed E-state index contributed by atoms with van der Waals surface area (Å²) in [4.78, 5) is 12.3. The van der Waals surface area contributed by atoms with E-state index in [0.717, 1.165) is 11.3 Å². The van der Waals surface area contributed by atoms with Crippen molar-refractivity contribution in [3.63, 3.8) is 0 Å². The number of hydrogen-bond acceptors (Lipinski definition) is 4. The van der Waals surface area contributed by atoms with Gasteiger partial charge in [0.2, 0.25) is 0 Å². The molecule has 0 fully saturated rings. The highest BCUT2D eigenvalue weighted by atomic mass is 16.5. The topological polar surface area (TPSA) is 44.8 Å². The predicted octanol–water partition coefficient (Wildman–Crippen LogP) is 3.53. The lowest BCUT2D eigenvalue weighted by Crippen LogP contribution is -2.02. The van der Waals surface area contributed by atoms with Gasteiger partial charge in [-0.3, -0.25) is 4.79 Å². The zero-order valence-corrected chi connectivity index (χ0v) is 13.1. The van der Waals surface area contributed by atoms with Gasteiger partial charge in [0.15, 0.2) is 17.3 Å². The smallest absolute Gasteiger partial charge is 0.163 e. The minimum absolute atomic E-state index is 0.0729. The maximum Gasteiger partial charge on any atom is 0.163 e. The summed E-state index contributed by atoms with van der Waals surface area (Å²) in [5, 5.41) is 0. The maximum atomic E-state index is 12.3. The molecule has 0 bridgehead atoms. The molecule has 0 aliphatic rings. The van der Waals surface area contributed by atoms with Gasteiger partial charge in [-0.2, -0.15) is 0 Å². The molecule has 0 saturated heterocycles. The minimum atomic E-state index is 0.0729. The molecule has 2 aromatic rings. The number of ketones is 1. The van der Waals surface area contributed by atoms with Crippen LogP contribution in [-0.2, 0) is 6.42 Å². The van der Waals surface area contributed by atoms with Gasteiger partial charge in [-0.05, 0) is 42.3 Å². The van der Waals surface area contributed by atoms with Crippen LogP contribution in [0.1, 0.15) is 22.3 Å². The van der Waals surface area contributed by atoms with Gasteiger partial charge in [-0.15, -0.1) is 0 Å². The number of hydrogen-bond donors (Lipinski definition) is 0. The summed E-state index contributed by atoms with van der Waals surface area (Å²) in [5.41, 5.74) is 1.70. The number of benzene rings is 2. The third kappa shape index (κ3) is 3.79. The van der Waals surface area contributed by atoms with E-state index in [-0.39, 0.29) is 5.78 Å². The highest BCUT2D eigenvalue weighted by Gasteiger charge is 2.11. The Hall–Kier alpha value is -2.49. The van der Waals surface area contributed by atoms with Crippen LogP contribution in [0.3, 0.4) is 0 Å². The van der Waals surface area contributed by atoms with Gasteiger partial charge in [0.1, 0.15) is 5.75 Å². The van der Waals surface area contributed by atoms with Gasteiger partial charge in [-0.25, -0.2) is 0 Å². The van der Waals surface area contributed by atoms with Crippen molar-refractivity contribution in [3.8, 4) is 17.2 Å². The van der Waals surface area contributed by atoms with E-state index in [9.17, 15) is 4.79 Å². The van der Waals surface area contributed by atoms with Crippen LogP contribution in [0.25, 0.3) is 0 Å². The SMILES string of the molecule is COc1cccc(CCC(=O)c2ccc(OC)c(OC)c2)c1. The third-order valence-electron chi connectivity index (χ3n) is 3.48. The average Bonchev–Trinajstić information content (AvgIpc) is 2.59. The summed E-state index contributed by atoms with van der Waals surface area (Å²) in [6.07, 6.45) is 1.10. The molecule has 0 atom stereocenters. The lowest BCUT2D eigenvalue weighted by Gasteiger charge is -2.09. The van der Waals surface area contributed by atoms with Crippen molar-refractivity contribution >= 4 is 5.78 Å². The maximum absolute atomic E-state index is 12.3. The Morgan fingerprint density at radius 3 is 2.36 bits per heavy atom. The fourth-order valence-electron chi connectivity index (χ4n) is 2.24. The second kappa shape index (κ2) is 7.50. The van der Waals surface area contributed by atoms with Crippen molar-refractivity contribution < 1.29 is 19.0 Å². The van der Waals surface area contributed by atoms with Crippen molar-refractivity contribution in [1.29, 1.82) is 0 Å². The Kier molecular flexibility index (Phi) is 5.42. The van der Waals surface area contributed by atoms with Crippen LogP contribution >= 0.6 is 0 Å². The molecule has 0 N–H and O–H groups in total. The first-order chi connectivity index (χ1) is 10.7. The molecular formula is C18H20O4. The summed E-state index contributed by atoms with van der Waals surface area (Å²) >= 11 is 0. The molecule has 0 unspecified atom stereocenters. The largest absolute Gasteiger partial charge is 0.497 e. The number of aryl methyl sites for hydroxylation is 1. The van der Waals surface area contributed by atoms with Gasteiger partial charge in [0.05, 0.1) is 21.3 Å². The van der Waals surface area contributed by atoms with E-state index in [2.05, 4.69) is 0 Å². The minimum Gasteiger partial charge on any atom is -0.497 e. The lowest BCUT2D eigenvalue weighted by molar-refractivity contribution is 0.0982. The van der Waals surface area contributed by atoms with Crippen molar-refractivity contribution in [1.82, 2.24) is 0 Å². The van der Waals surface area contributed by atoms with E-state index in [1.165, 1.54) is 0 Å². The molecule has 0 aliphatic carbocycles. The van der Waals surface area contributed by atoms with Crippen molar-refractivity contribution in [2.45, 2.75) is 12.8 Å². The summed E-state index contributed by atoms with van der Waals surface area (Å²) in [6.45, 7) is 0. The van der Waals surface area contributed by atoms with Gasteiger partial charge >= 0.3 is 0 Å². The number of methoxy groups -OCH3 is 3. The molecule has 0 aliphatic heterocycles. The molecule has 0 saturated carbocycles. The van der Waals surface area contributed by atoms with Gasteiger partial charge in [0, 0.05) is 12.0 Å². The Bertz CT molecular complexity index is 649. The summed E-state index contributed by atoms with van der Waals surface area (Å²) in [6, 6.07) is 13.0. The number of carbonyl (C=O) groups is 1. The quantitative estimate of drug-likeness (QED) is 0.734. The standard InChI is InChI=1S/C18H20O4/c1-20-15-6-4-5-13(11-15)7-9-16(19)14-8-10-17(21-2)18(12-14)22-3/h4-6,8,10-12H,7,9H2,1-3H3. The summed E-state index contributed by atoms with van der Waals surface area (Å²) in [7, 11) is 4.76. The van der Waals surface area contributed by atoms with E-state index in [1.807, 2.05) is 24.3 Å². The van der Waals surface area contributed by atoms with E-state index in [1.54, 1.807) is 39.5 Å². The molecule has 0 heterocycles. The summed E-state index contributed by atoms with van der Waals surface area (Å²) in [5.74, 6) is 2.06. The van der Waals surface area contributed by atoms with Crippen LogP contribution in [-0.4, -0.2) is 27.1 Å². The molecule has 116 valence electrons. The van der Waals surface area contributed by atoms with Crippen molar-refractivity contribution in [2.24, 2.45) is 0 Å². The van der Waals surface area contributed by atoms with Crippen LogP contribution in [0.15, 0.2) is 42.5 Å². The van der Waals surface area contributed by atoms with Gasteiger partial charge in [-0.1, -0.05) is 12.1 Å². The average molecular weight is 300 g/mol. The number of Topliss-reactive ketones (excluding diaryl/α,β-unsaturated/α-hetero) is 1. The fourth-order valence-corrected chi connectivity index (χ4v) is 2.24. The Morgan fingerprint density at radius 1 is 0.909 bits per heavy atom. The predicted molar refractivity (Wildman–Crippen MR) is 85.2 cm³/mol. The molecule has 4 nitrogen and oxygen atoms in total. The first-order valence-corrected chi connectivity index (χ1v) is 7.06. The molecule has 2 aromatic carbocycles. The van der Waals surface area contributed by atoms with Crippen LogP contribution in [0.2, 0.25) is 0 Å². The second-order valence-corrected chi connectivity index (χ2v) is 4.84. The molecule has 0 spiro atoms. The van der Waals surface area contributed by atoms with Crippen LogP contribution in [0, 0.1) is 0 Å². The molecule has 0 amide bonds. The Balaban J connectivity index is 2.05. The molecule has 4 heteroatoms. The van der Waals surface area contributed by atoms with E-state index in [0.29, 0.717) is 29.9 Å². The van der Waals surface area contributed by atoms with Crippen LogP contribution in [0.5, 0.6) is 17.2 Å². The highest BCUT2D eigenvalue weighted by Crippen LogP contribution is 2.28. The molecular weight excluding hydrogens is 280 g/mol. The lowest BCUT2D eigenvalue weighted by atomic mass is 10.0. The van der Waals surface area contributed by atoms with E-state index < -0.39 is 0 Å². The van der Waals surface area contributed by atoms with Crippen molar-refractivity contribution in [2.75, 3.05) is 21.3 Å². The Morgan fingerprint density at radius 2 is 1.68 bits per heavy atom. The molecule has 22 heavy (non-hydrogen) atoms. The van der Waals surface area contributed by atoms with Crippen LogP contribution < -0.4 is 14.2 Å². The summed E-state index contributed by atoms with van der Waals surface area (Å²) < 4.78 is 15.6. The normalized spacial score (nSPS) is 10.1. The molecule has 2 rings (SSSR count). The van der Waals surface area contributed by atoms with Crippen LogP contribution in [0.4, 0.5) is 0 Å². The molecule has 0 aromatic heterocycles. The first kappa shape index (κ1) is 15.9. The fraction of sp³-hybridized carbons (Fsp3) is 0.278. The Labute approximate surface area is 130 Å². The number of rotatable bonds is 7. The number of ether oxygens (including phenoxy) is 3. The second-order valence-electron chi connectivity index (χ2n) is 4.84.